The number of nitrogens with zero attached hydrogens (tertiary/aromatic N) is 5. The molecular formula is C23H26ClN7. The fourth-order valence-electron chi connectivity index (χ4n) is 6.23. The molecule has 2 N–H and O–H groups in total. The molecule has 2 aromatic heterocycles. The van der Waals surface area contributed by atoms with Crippen LogP contribution in [0.2, 0.25) is 5.02 Å². The fourth-order valence-corrected chi connectivity index (χ4v) is 6.37. The summed E-state index contributed by atoms with van der Waals surface area (Å²) in [5, 5.41) is 11.8. The van der Waals surface area contributed by atoms with Gasteiger partial charge in [0.1, 0.15) is 17.7 Å². The van der Waals surface area contributed by atoms with Crippen LogP contribution in [0.15, 0.2) is 43.1 Å². The minimum atomic E-state index is 0.485. The molecule has 2 heterocycles. The Bertz CT molecular complexity index is 1040. The third kappa shape index (κ3) is 3.87. The van der Waals surface area contributed by atoms with Crippen LogP contribution in [0.1, 0.15) is 37.7 Å². The molecule has 0 atom stereocenters. The van der Waals surface area contributed by atoms with Crippen molar-refractivity contribution in [3.63, 3.8) is 0 Å². The van der Waals surface area contributed by atoms with E-state index < -0.39 is 0 Å². The molecule has 0 spiro atoms. The van der Waals surface area contributed by atoms with Gasteiger partial charge in [0, 0.05) is 11.7 Å². The van der Waals surface area contributed by atoms with Gasteiger partial charge in [0.25, 0.3) is 0 Å². The summed E-state index contributed by atoms with van der Waals surface area (Å²) < 4.78 is 1.80. The van der Waals surface area contributed by atoms with E-state index in [1.807, 2.05) is 12.1 Å². The van der Waals surface area contributed by atoms with Gasteiger partial charge < -0.3 is 10.6 Å². The van der Waals surface area contributed by atoms with E-state index in [2.05, 4.69) is 37.8 Å². The van der Waals surface area contributed by atoms with Crippen LogP contribution in [0.3, 0.4) is 0 Å². The van der Waals surface area contributed by atoms with Gasteiger partial charge in [0.2, 0.25) is 5.95 Å². The first kappa shape index (κ1) is 19.0. The van der Waals surface area contributed by atoms with Gasteiger partial charge in [-0.3, -0.25) is 0 Å². The predicted octanol–water partition coefficient (Wildman–Crippen LogP) is 4.75. The number of rotatable bonds is 6. The molecule has 160 valence electrons. The first-order valence-corrected chi connectivity index (χ1v) is 11.5. The minimum Gasteiger partial charge on any atom is -0.365 e. The van der Waals surface area contributed by atoms with Gasteiger partial charge in [-0.15, -0.1) is 0 Å². The molecule has 7 nitrogen and oxygen atoms in total. The standard InChI is InChI=1S/C23H26ClN7/c24-20-10-26-23(28-19-3-1-2-14(9-19)11-31-13-25-12-27-31)30-22(20)29-21-17-5-15-4-16(7-17)8-18(21)6-15/h1-3,9-10,12-13,15-18,21H,4-8,11H2,(H2,26,28,29,30). The van der Waals surface area contributed by atoms with Gasteiger partial charge in [-0.05, 0) is 73.5 Å². The largest absolute Gasteiger partial charge is 0.365 e. The lowest BCUT2D eigenvalue weighted by molar-refractivity contribution is 0.00742. The Morgan fingerprint density at radius 1 is 1.06 bits per heavy atom. The highest BCUT2D eigenvalue weighted by molar-refractivity contribution is 6.32. The molecule has 0 aliphatic heterocycles. The summed E-state index contributed by atoms with van der Waals surface area (Å²) in [5.41, 5.74) is 2.05. The van der Waals surface area contributed by atoms with Gasteiger partial charge in [-0.2, -0.15) is 10.1 Å². The van der Waals surface area contributed by atoms with Crippen LogP contribution in [0.5, 0.6) is 0 Å². The Labute approximate surface area is 186 Å². The summed E-state index contributed by atoms with van der Waals surface area (Å²) in [6.45, 7) is 0.663. The topological polar surface area (TPSA) is 80.6 Å². The van der Waals surface area contributed by atoms with Crippen LogP contribution in [-0.2, 0) is 6.54 Å². The summed E-state index contributed by atoms with van der Waals surface area (Å²) in [5.74, 6) is 4.70. The van der Waals surface area contributed by atoms with Gasteiger partial charge in [-0.1, -0.05) is 23.7 Å². The van der Waals surface area contributed by atoms with E-state index in [9.17, 15) is 0 Å². The second-order valence-corrected chi connectivity index (χ2v) is 9.82. The van der Waals surface area contributed by atoms with Crippen LogP contribution in [0.25, 0.3) is 0 Å². The second-order valence-electron chi connectivity index (χ2n) is 9.41. The van der Waals surface area contributed by atoms with E-state index in [4.69, 9.17) is 16.6 Å². The van der Waals surface area contributed by atoms with Crippen LogP contribution in [0, 0.1) is 23.7 Å². The highest BCUT2D eigenvalue weighted by atomic mass is 35.5. The van der Waals surface area contributed by atoms with Gasteiger partial charge in [0.05, 0.1) is 12.7 Å². The number of anilines is 3. The summed E-state index contributed by atoms with van der Waals surface area (Å²) in [7, 11) is 0. The van der Waals surface area contributed by atoms with Crippen molar-refractivity contribution in [1.82, 2.24) is 24.7 Å². The number of nitrogens with one attached hydrogen (secondary N) is 2. The Kier molecular flexibility index (Phi) is 4.78. The highest BCUT2D eigenvalue weighted by Gasteiger charge is 2.48. The fraction of sp³-hybridized carbons (Fsp3) is 0.478. The summed E-state index contributed by atoms with van der Waals surface area (Å²) in [6, 6.07) is 8.64. The molecule has 8 heteroatoms. The average Bonchev–Trinajstić information content (AvgIpc) is 3.26. The maximum Gasteiger partial charge on any atom is 0.229 e. The van der Waals surface area contributed by atoms with Crippen LogP contribution in [-0.4, -0.2) is 30.8 Å². The Morgan fingerprint density at radius 3 is 2.61 bits per heavy atom. The van der Waals surface area contributed by atoms with Crippen LogP contribution in [0.4, 0.5) is 17.5 Å². The summed E-state index contributed by atoms with van der Waals surface area (Å²) in [4.78, 5) is 13.1. The monoisotopic (exact) mass is 435 g/mol. The summed E-state index contributed by atoms with van der Waals surface area (Å²) >= 11 is 6.49. The first-order valence-electron chi connectivity index (χ1n) is 11.2. The Balaban J connectivity index is 1.18. The van der Waals surface area contributed by atoms with E-state index in [0.717, 1.165) is 40.7 Å². The Morgan fingerprint density at radius 2 is 1.87 bits per heavy atom. The maximum atomic E-state index is 6.49. The van der Waals surface area contributed by atoms with E-state index in [-0.39, 0.29) is 0 Å². The molecule has 4 aliphatic carbocycles. The van der Waals surface area contributed by atoms with Gasteiger partial charge in [0.15, 0.2) is 5.82 Å². The molecule has 4 bridgehead atoms. The molecule has 4 aliphatic rings. The Hall–Kier alpha value is -2.67. The number of halogens is 1. The lowest BCUT2D eigenvalue weighted by Crippen LogP contribution is -2.51. The van der Waals surface area contributed by atoms with Crippen molar-refractivity contribution in [2.24, 2.45) is 23.7 Å². The second kappa shape index (κ2) is 7.79. The summed E-state index contributed by atoms with van der Waals surface area (Å²) in [6.07, 6.45) is 11.8. The van der Waals surface area contributed by atoms with Crippen molar-refractivity contribution in [1.29, 1.82) is 0 Å². The van der Waals surface area contributed by atoms with Gasteiger partial charge >= 0.3 is 0 Å². The third-order valence-electron chi connectivity index (χ3n) is 7.27. The molecule has 3 aromatic rings. The quantitative estimate of drug-likeness (QED) is 0.581. The van der Waals surface area contributed by atoms with Gasteiger partial charge in [-0.25, -0.2) is 14.6 Å². The molecular weight excluding hydrogens is 410 g/mol. The molecule has 0 radical (unpaired) electrons. The molecule has 4 saturated carbocycles. The van der Waals surface area contributed by atoms with Crippen LogP contribution >= 0.6 is 11.6 Å². The molecule has 0 unspecified atom stereocenters. The zero-order valence-corrected chi connectivity index (χ0v) is 18.0. The van der Waals surface area contributed by atoms with E-state index in [1.54, 1.807) is 23.5 Å². The van der Waals surface area contributed by atoms with E-state index in [1.165, 1.54) is 32.1 Å². The lowest BCUT2D eigenvalue weighted by Gasteiger charge is -2.54. The molecule has 4 fully saturated rings. The molecule has 0 amide bonds. The predicted molar refractivity (Wildman–Crippen MR) is 120 cm³/mol. The van der Waals surface area contributed by atoms with Crippen molar-refractivity contribution in [3.05, 3.63) is 53.7 Å². The zero-order chi connectivity index (χ0) is 20.8. The van der Waals surface area contributed by atoms with Crippen molar-refractivity contribution >= 4 is 29.1 Å². The molecule has 1 aromatic carbocycles. The SMILES string of the molecule is Clc1cnc(Nc2cccc(Cn3cncn3)c2)nc1NC1C2CC3CC(C2)CC1C3. The average molecular weight is 436 g/mol. The third-order valence-corrected chi connectivity index (χ3v) is 7.55. The van der Waals surface area contributed by atoms with Crippen molar-refractivity contribution < 1.29 is 0 Å². The lowest BCUT2D eigenvalue weighted by atomic mass is 9.54. The van der Waals surface area contributed by atoms with Crippen molar-refractivity contribution in [2.75, 3.05) is 10.6 Å². The first-order chi connectivity index (χ1) is 15.2. The van der Waals surface area contributed by atoms with E-state index in [0.29, 0.717) is 23.6 Å². The minimum absolute atomic E-state index is 0.485. The number of hydrogen-bond donors (Lipinski definition) is 2. The smallest absolute Gasteiger partial charge is 0.229 e. The van der Waals surface area contributed by atoms with E-state index >= 15 is 0 Å². The number of hydrogen-bond acceptors (Lipinski definition) is 6. The zero-order valence-electron chi connectivity index (χ0n) is 17.3. The molecule has 7 rings (SSSR count). The number of benzene rings is 1. The molecule has 0 saturated heterocycles. The normalized spacial score (nSPS) is 28.6. The molecule has 31 heavy (non-hydrogen) atoms. The van der Waals surface area contributed by atoms with Crippen molar-refractivity contribution in [3.8, 4) is 0 Å². The van der Waals surface area contributed by atoms with Crippen molar-refractivity contribution in [2.45, 2.75) is 44.7 Å². The highest BCUT2D eigenvalue weighted by Crippen LogP contribution is 2.54. The maximum absolute atomic E-state index is 6.49. The number of aromatic nitrogens is 5. The van der Waals surface area contributed by atoms with Crippen LogP contribution < -0.4 is 10.6 Å².